The van der Waals surface area contributed by atoms with E-state index < -0.39 is 11.6 Å². The molecule has 0 amide bonds. The maximum Gasteiger partial charge on any atom is 0.191 e. The van der Waals surface area contributed by atoms with Crippen LogP contribution in [0.2, 0.25) is 0 Å². The number of ether oxygens (including phenoxy) is 1. The third-order valence-corrected chi connectivity index (χ3v) is 3.05. The van der Waals surface area contributed by atoms with Crippen LogP contribution in [0.3, 0.4) is 0 Å². The van der Waals surface area contributed by atoms with Crippen LogP contribution in [0.5, 0.6) is 5.75 Å². The van der Waals surface area contributed by atoms with Gasteiger partial charge in [-0.2, -0.15) is 5.10 Å². The molecule has 20 heavy (non-hydrogen) atoms. The van der Waals surface area contributed by atoms with Crippen molar-refractivity contribution in [2.45, 2.75) is 26.5 Å². The maximum atomic E-state index is 13.7. The molecule has 0 fully saturated rings. The van der Waals surface area contributed by atoms with E-state index >= 15 is 0 Å². The van der Waals surface area contributed by atoms with Crippen molar-refractivity contribution in [1.29, 1.82) is 0 Å². The molecule has 0 saturated heterocycles. The average molecular weight is 281 g/mol. The molecule has 0 aliphatic carbocycles. The van der Waals surface area contributed by atoms with Gasteiger partial charge < -0.3 is 10.5 Å². The first-order chi connectivity index (χ1) is 9.55. The number of aromatic nitrogens is 2. The molecular weight excluding hydrogens is 264 g/mol. The number of nitrogens with two attached hydrogens (primary N) is 1. The first kappa shape index (κ1) is 14.5. The fraction of sp³-hybridized carbons (Fsp3) is 0.357. The average Bonchev–Trinajstić information content (AvgIpc) is 2.78. The molecule has 0 radical (unpaired) electrons. The van der Waals surface area contributed by atoms with Crippen LogP contribution in [-0.4, -0.2) is 9.78 Å². The van der Waals surface area contributed by atoms with Gasteiger partial charge in [0.1, 0.15) is 6.61 Å². The van der Waals surface area contributed by atoms with Gasteiger partial charge in [-0.15, -0.1) is 0 Å². The minimum absolute atomic E-state index is 0.0549. The van der Waals surface area contributed by atoms with Gasteiger partial charge >= 0.3 is 0 Å². The van der Waals surface area contributed by atoms with Gasteiger partial charge in [-0.3, -0.25) is 4.68 Å². The predicted octanol–water partition coefficient (Wildman–Crippen LogP) is 2.30. The van der Waals surface area contributed by atoms with E-state index in [0.29, 0.717) is 5.56 Å². The molecule has 0 aliphatic rings. The smallest absolute Gasteiger partial charge is 0.191 e. The van der Waals surface area contributed by atoms with Crippen molar-refractivity contribution in [1.82, 2.24) is 9.78 Å². The van der Waals surface area contributed by atoms with Crippen LogP contribution in [-0.2, 0) is 26.6 Å². The summed E-state index contributed by atoms with van der Waals surface area (Å²) in [7, 11) is 1.77. The van der Waals surface area contributed by atoms with Gasteiger partial charge in [0.05, 0.1) is 11.4 Å². The molecule has 0 bridgehead atoms. The van der Waals surface area contributed by atoms with E-state index in [9.17, 15) is 8.78 Å². The highest BCUT2D eigenvalue weighted by Crippen LogP contribution is 2.24. The van der Waals surface area contributed by atoms with Crippen molar-refractivity contribution in [3.63, 3.8) is 0 Å². The summed E-state index contributed by atoms with van der Waals surface area (Å²) >= 11 is 0. The number of hydrogen-bond acceptors (Lipinski definition) is 3. The molecule has 4 nitrogen and oxygen atoms in total. The Balaban J connectivity index is 2.16. The lowest BCUT2D eigenvalue weighted by Gasteiger charge is -2.09. The normalized spacial score (nSPS) is 10.8. The van der Waals surface area contributed by atoms with Gasteiger partial charge in [0.25, 0.3) is 0 Å². The van der Waals surface area contributed by atoms with Gasteiger partial charge in [-0.05, 0) is 30.2 Å². The van der Waals surface area contributed by atoms with Gasteiger partial charge in [0, 0.05) is 13.6 Å². The van der Waals surface area contributed by atoms with Gasteiger partial charge in [-0.25, -0.2) is 8.78 Å². The predicted molar refractivity (Wildman–Crippen MR) is 71.2 cm³/mol. The van der Waals surface area contributed by atoms with E-state index in [-0.39, 0.29) is 18.9 Å². The van der Waals surface area contributed by atoms with Crippen molar-refractivity contribution in [2.24, 2.45) is 12.8 Å². The van der Waals surface area contributed by atoms with Crippen molar-refractivity contribution in [3.05, 3.63) is 46.8 Å². The Bertz CT molecular complexity index is 587. The summed E-state index contributed by atoms with van der Waals surface area (Å²) in [6.45, 7) is 2.12. The van der Waals surface area contributed by atoms with Crippen molar-refractivity contribution >= 4 is 0 Å². The fourth-order valence-electron chi connectivity index (χ4n) is 1.89. The molecule has 2 rings (SSSR count). The zero-order chi connectivity index (χ0) is 14.7. The number of rotatable bonds is 5. The second-order valence-electron chi connectivity index (χ2n) is 4.49. The number of nitrogens with zero attached hydrogens (tertiary/aromatic N) is 2. The molecule has 0 saturated carbocycles. The summed E-state index contributed by atoms with van der Waals surface area (Å²) in [5, 5.41) is 4.25. The first-order valence-electron chi connectivity index (χ1n) is 6.37. The van der Waals surface area contributed by atoms with Crippen molar-refractivity contribution < 1.29 is 13.5 Å². The topological polar surface area (TPSA) is 53.1 Å². The lowest BCUT2D eigenvalue weighted by molar-refractivity contribution is 0.265. The maximum absolute atomic E-state index is 13.7. The first-order valence-corrected chi connectivity index (χ1v) is 6.37. The highest BCUT2D eigenvalue weighted by atomic mass is 19.1. The van der Waals surface area contributed by atoms with Gasteiger partial charge in [0.15, 0.2) is 17.4 Å². The SMILES string of the molecule is CCc1cc(COc2c(F)cc(CN)cc2F)n(C)n1. The zero-order valence-corrected chi connectivity index (χ0v) is 11.5. The largest absolute Gasteiger partial charge is 0.481 e. The highest BCUT2D eigenvalue weighted by Gasteiger charge is 2.13. The summed E-state index contributed by atoms with van der Waals surface area (Å²) in [6.07, 6.45) is 0.793. The lowest BCUT2D eigenvalue weighted by Crippen LogP contribution is -2.06. The van der Waals surface area contributed by atoms with E-state index in [1.165, 1.54) is 12.1 Å². The Labute approximate surface area is 116 Å². The number of hydrogen-bond donors (Lipinski definition) is 1. The standard InChI is InChI=1S/C14H17F2N3O/c1-3-10-6-11(19(2)18-10)8-20-14-12(15)4-9(7-17)5-13(14)16/h4-6H,3,7-8,17H2,1-2H3. The molecule has 0 aliphatic heterocycles. The fourth-order valence-corrected chi connectivity index (χ4v) is 1.89. The van der Waals surface area contributed by atoms with Crippen LogP contribution in [0.1, 0.15) is 23.9 Å². The molecule has 1 aromatic heterocycles. The molecule has 108 valence electrons. The summed E-state index contributed by atoms with van der Waals surface area (Å²) in [4.78, 5) is 0. The summed E-state index contributed by atoms with van der Waals surface area (Å²) < 4.78 is 34.3. The van der Waals surface area contributed by atoms with Crippen LogP contribution in [0.25, 0.3) is 0 Å². The second-order valence-corrected chi connectivity index (χ2v) is 4.49. The Morgan fingerprint density at radius 1 is 1.25 bits per heavy atom. The Morgan fingerprint density at radius 3 is 2.40 bits per heavy atom. The van der Waals surface area contributed by atoms with E-state index in [0.717, 1.165) is 17.8 Å². The van der Waals surface area contributed by atoms with Crippen LogP contribution >= 0.6 is 0 Å². The Hall–Kier alpha value is -1.95. The molecule has 1 aromatic carbocycles. The Kier molecular flexibility index (Phi) is 4.34. The lowest BCUT2D eigenvalue weighted by atomic mass is 10.2. The quantitative estimate of drug-likeness (QED) is 0.915. The van der Waals surface area contributed by atoms with E-state index in [1.54, 1.807) is 11.7 Å². The van der Waals surface area contributed by atoms with Crippen molar-refractivity contribution in [3.8, 4) is 5.75 Å². The molecular formula is C14H17F2N3O. The number of aryl methyl sites for hydroxylation is 2. The monoisotopic (exact) mass is 281 g/mol. The van der Waals surface area contributed by atoms with Crippen LogP contribution in [0, 0.1) is 11.6 Å². The minimum atomic E-state index is -0.747. The molecule has 0 unspecified atom stereocenters. The Morgan fingerprint density at radius 2 is 1.90 bits per heavy atom. The van der Waals surface area contributed by atoms with Crippen LogP contribution in [0.4, 0.5) is 8.78 Å². The molecule has 0 atom stereocenters. The third kappa shape index (κ3) is 2.96. The van der Waals surface area contributed by atoms with E-state index in [1.807, 2.05) is 13.0 Å². The van der Waals surface area contributed by atoms with Crippen LogP contribution < -0.4 is 10.5 Å². The number of benzene rings is 1. The molecule has 6 heteroatoms. The van der Waals surface area contributed by atoms with Gasteiger partial charge in [0.2, 0.25) is 0 Å². The third-order valence-electron chi connectivity index (χ3n) is 3.05. The van der Waals surface area contributed by atoms with Crippen molar-refractivity contribution in [2.75, 3.05) is 0 Å². The summed E-state index contributed by atoms with van der Waals surface area (Å²) in [6, 6.07) is 4.21. The molecule has 1 heterocycles. The minimum Gasteiger partial charge on any atom is -0.481 e. The summed E-state index contributed by atoms with van der Waals surface area (Å²) in [5.74, 6) is -1.88. The highest BCUT2D eigenvalue weighted by molar-refractivity contribution is 5.31. The van der Waals surface area contributed by atoms with E-state index in [4.69, 9.17) is 10.5 Å². The second kappa shape index (κ2) is 6.00. The van der Waals surface area contributed by atoms with E-state index in [2.05, 4.69) is 5.10 Å². The molecule has 0 spiro atoms. The van der Waals surface area contributed by atoms with Crippen LogP contribution in [0.15, 0.2) is 18.2 Å². The molecule has 2 N–H and O–H groups in total. The molecule has 2 aromatic rings. The zero-order valence-electron chi connectivity index (χ0n) is 11.5. The number of halogens is 2. The van der Waals surface area contributed by atoms with Gasteiger partial charge in [-0.1, -0.05) is 6.92 Å². The summed E-state index contributed by atoms with van der Waals surface area (Å²) in [5.41, 5.74) is 7.41.